The van der Waals surface area contributed by atoms with Crippen LogP contribution in [0, 0.1) is 16.7 Å². The van der Waals surface area contributed by atoms with Gasteiger partial charge in [0.05, 0.1) is 25.4 Å². The van der Waals surface area contributed by atoms with Crippen LogP contribution >= 0.6 is 15.6 Å². The quantitative estimate of drug-likeness (QED) is 0.0768. The lowest BCUT2D eigenvalue weighted by atomic mass is 9.67. The maximum Gasteiger partial charge on any atom is 0.475 e. The molecule has 10 heteroatoms. The molecular formula is C54H70O8P2. The lowest BCUT2D eigenvalue weighted by Gasteiger charge is -2.40. The Hall–Kier alpha value is -4.20. The highest BCUT2D eigenvalue weighted by atomic mass is 31.2. The molecule has 8 nitrogen and oxygen atoms in total. The van der Waals surface area contributed by atoms with Crippen molar-refractivity contribution in [2.24, 2.45) is 16.7 Å². The maximum absolute atomic E-state index is 14.1. The fraction of sp³-hybridized carbons (Fsp3) is 0.370. The number of benzene rings is 2. The number of allylic oxidation sites excluding steroid dienone is 20. The molecule has 0 amide bonds. The zero-order valence-corrected chi connectivity index (χ0v) is 41.2. The van der Waals surface area contributed by atoms with Crippen molar-refractivity contribution in [2.45, 2.75) is 114 Å². The van der Waals surface area contributed by atoms with Crippen LogP contribution in [0.3, 0.4) is 0 Å². The van der Waals surface area contributed by atoms with Crippen molar-refractivity contribution in [1.29, 1.82) is 0 Å². The van der Waals surface area contributed by atoms with Gasteiger partial charge in [-0.15, -0.1) is 0 Å². The van der Waals surface area contributed by atoms with Gasteiger partial charge >= 0.3 is 15.6 Å². The van der Waals surface area contributed by atoms with Gasteiger partial charge in [-0.1, -0.05) is 213 Å². The minimum Gasteiger partial charge on any atom is -0.303 e. The maximum atomic E-state index is 14.1. The molecule has 3 atom stereocenters. The molecule has 0 saturated carbocycles. The first-order valence-electron chi connectivity index (χ1n) is 22.0. The number of rotatable bonds is 20. The van der Waals surface area contributed by atoms with Crippen molar-refractivity contribution >= 4 is 15.6 Å². The summed E-state index contributed by atoms with van der Waals surface area (Å²) in [6.07, 6.45) is 32.0. The van der Waals surface area contributed by atoms with Crippen LogP contribution in [-0.2, 0) is 40.4 Å². The summed E-state index contributed by atoms with van der Waals surface area (Å²) in [5.41, 5.74) is 9.31. The van der Waals surface area contributed by atoms with E-state index in [0.717, 1.165) is 39.0 Å². The van der Waals surface area contributed by atoms with E-state index in [1.807, 2.05) is 91.9 Å². The van der Waals surface area contributed by atoms with Gasteiger partial charge in [0.15, 0.2) is 0 Å². The van der Waals surface area contributed by atoms with Crippen molar-refractivity contribution in [3.63, 3.8) is 0 Å². The smallest absolute Gasteiger partial charge is 0.303 e. The van der Waals surface area contributed by atoms with E-state index in [9.17, 15) is 18.9 Å². The second-order valence-electron chi connectivity index (χ2n) is 18.3. The minimum atomic E-state index is -4.55. The first-order chi connectivity index (χ1) is 30.1. The molecule has 0 radical (unpaired) electrons. The van der Waals surface area contributed by atoms with Crippen LogP contribution in [0.4, 0.5) is 0 Å². The van der Waals surface area contributed by atoms with E-state index in [4.69, 9.17) is 18.1 Å². The number of phosphoric ester groups is 2. The summed E-state index contributed by atoms with van der Waals surface area (Å²) in [5, 5.41) is 0. The van der Waals surface area contributed by atoms with E-state index in [1.165, 1.54) is 11.1 Å². The van der Waals surface area contributed by atoms with Crippen LogP contribution in [0.5, 0.6) is 0 Å². The normalized spacial score (nSPS) is 21.9. The minimum absolute atomic E-state index is 0.125. The van der Waals surface area contributed by atoms with Gasteiger partial charge in [-0.2, -0.15) is 0 Å². The second-order valence-corrected chi connectivity index (χ2v) is 21.1. The van der Waals surface area contributed by atoms with Crippen molar-refractivity contribution in [2.75, 3.05) is 0 Å². The summed E-state index contributed by atoms with van der Waals surface area (Å²) < 4.78 is 48.6. The van der Waals surface area contributed by atoms with Gasteiger partial charge in [-0.3, -0.25) is 18.1 Å². The molecule has 0 aromatic heterocycles. The molecule has 0 spiro atoms. The van der Waals surface area contributed by atoms with E-state index in [1.54, 1.807) is 0 Å². The average Bonchev–Trinajstić information content (AvgIpc) is 3.20. The summed E-state index contributed by atoms with van der Waals surface area (Å²) in [6.45, 7) is 21.2. The molecule has 0 aliphatic heterocycles. The Morgan fingerprint density at radius 3 is 1.64 bits per heavy atom. The molecule has 2 aliphatic rings. The molecule has 3 unspecified atom stereocenters. The van der Waals surface area contributed by atoms with Crippen LogP contribution in [0.2, 0.25) is 0 Å². The van der Waals surface area contributed by atoms with E-state index < -0.39 is 21.7 Å². The standard InChI is InChI=1S/C54H70O8P2/c1-41(23-19-25-43(3)31-33-51-45(5)35-49(37-53(51,7)8)61-63(55,56)57)21-17-18-22-42(2)24-20-26-44(4)32-34-52-46(6)36-50(38-54(52,9)10)62-64(58,59-39-47-27-13-11-14-28-47)60-40-48-29-15-12-16-30-48/h11-35,49-51H,36-40H2,1-10H3,(H2,55,56,57)/b18-17+,23-19+,24-20+,33-31+,34-32+,41-21+,42-22+,43-25+,44-26+. The van der Waals surface area contributed by atoms with Crippen LogP contribution in [0.15, 0.2) is 191 Å². The third kappa shape index (κ3) is 18.4. The molecule has 64 heavy (non-hydrogen) atoms. The van der Waals surface area contributed by atoms with Gasteiger partial charge in [0, 0.05) is 5.92 Å². The summed E-state index contributed by atoms with van der Waals surface area (Å²) >= 11 is 0. The molecule has 2 aliphatic carbocycles. The summed E-state index contributed by atoms with van der Waals surface area (Å²) in [7, 11) is -8.45. The molecule has 0 fully saturated rings. The van der Waals surface area contributed by atoms with E-state index in [2.05, 4.69) is 129 Å². The van der Waals surface area contributed by atoms with Gasteiger partial charge < -0.3 is 9.79 Å². The molecular weight excluding hydrogens is 839 g/mol. The highest BCUT2D eigenvalue weighted by molar-refractivity contribution is 7.48. The van der Waals surface area contributed by atoms with Crippen molar-refractivity contribution in [3.8, 4) is 0 Å². The Bertz CT molecular complexity index is 2260. The zero-order valence-electron chi connectivity index (χ0n) is 39.4. The first-order valence-corrected chi connectivity index (χ1v) is 25.0. The van der Waals surface area contributed by atoms with Crippen LogP contribution in [0.1, 0.15) is 99.6 Å². The lowest BCUT2D eigenvalue weighted by Crippen LogP contribution is -2.33. The first kappa shape index (κ1) is 52.4. The summed E-state index contributed by atoms with van der Waals surface area (Å²) in [5.74, 6) is 0.138. The topological polar surface area (TPSA) is 112 Å². The van der Waals surface area contributed by atoms with Gasteiger partial charge in [0.2, 0.25) is 0 Å². The Kier molecular flexibility index (Phi) is 20.0. The fourth-order valence-corrected chi connectivity index (χ4v) is 9.95. The van der Waals surface area contributed by atoms with Crippen molar-refractivity contribution < 1.29 is 37.0 Å². The third-order valence-electron chi connectivity index (χ3n) is 11.3. The molecule has 0 heterocycles. The van der Waals surface area contributed by atoms with Crippen molar-refractivity contribution in [3.05, 3.63) is 202 Å². The predicted molar refractivity (Wildman–Crippen MR) is 264 cm³/mol. The summed E-state index contributed by atoms with van der Waals surface area (Å²) in [6, 6.07) is 19.3. The Morgan fingerprint density at radius 2 is 1.16 bits per heavy atom. The van der Waals surface area contributed by atoms with Gasteiger partial charge in [-0.25, -0.2) is 9.13 Å². The van der Waals surface area contributed by atoms with Crippen LogP contribution < -0.4 is 0 Å². The average molecular weight is 909 g/mol. The molecule has 2 N–H and O–H groups in total. The molecule has 0 bridgehead atoms. The van der Waals surface area contributed by atoms with Crippen LogP contribution in [0.25, 0.3) is 0 Å². The number of hydrogen-bond acceptors (Lipinski definition) is 6. The van der Waals surface area contributed by atoms with Gasteiger partial charge in [0.25, 0.3) is 0 Å². The molecule has 4 rings (SSSR count). The highest BCUT2D eigenvalue weighted by Gasteiger charge is 2.39. The SMILES string of the molecule is CC1=CC(OP(=O)(O)O)CC(C)(C)C1/C=C/C(C)=C/C=C/C(C)=C/C=C/C=C(C)/C=C/C=C(C)/C=C/C1=C(C)CC(OP(=O)(OCc2ccccc2)OCc2ccccc2)CC1(C)C. The fourth-order valence-electron chi connectivity index (χ4n) is 8.14. The van der Waals surface area contributed by atoms with E-state index in [0.29, 0.717) is 19.3 Å². The largest absolute Gasteiger partial charge is 0.475 e. The molecule has 344 valence electrons. The zero-order chi connectivity index (χ0) is 47.0. The monoisotopic (exact) mass is 908 g/mol. The third-order valence-corrected chi connectivity index (χ3v) is 13.3. The van der Waals surface area contributed by atoms with Gasteiger partial charge in [-0.05, 0) is 88.3 Å². The van der Waals surface area contributed by atoms with Crippen molar-refractivity contribution in [1.82, 2.24) is 0 Å². The predicted octanol–water partition coefficient (Wildman–Crippen LogP) is 15.1. The van der Waals surface area contributed by atoms with Gasteiger partial charge in [0.1, 0.15) is 0 Å². The molecule has 0 saturated heterocycles. The van der Waals surface area contributed by atoms with E-state index in [-0.39, 0.29) is 36.1 Å². The molecule has 2 aromatic rings. The Labute approximate surface area is 383 Å². The molecule has 2 aromatic carbocycles. The Balaban J connectivity index is 1.29. The number of phosphoric acid groups is 2. The Morgan fingerprint density at radius 1 is 0.672 bits per heavy atom. The van der Waals surface area contributed by atoms with Crippen LogP contribution in [-0.4, -0.2) is 22.0 Å². The number of hydrogen-bond donors (Lipinski definition) is 2. The summed E-state index contributed by atoms with van der Waals surface area (Å²) in [4.78, 5) is 18.5. The second kappa shape index (κ2) is 24.4. The highest BCUT2D eigenvalue weighted by Crippen LogP contribution is 2.55. The lowest BCUT2D eigenvalue weighted by molar-refractivity contribution is 0.0508. The van der Waals surface area contributed by atoms with E-state index >= 15 is 0 Å².